The lowest BCUT2D eigenvalue weighted by atomic mass is 9.97. The van der Waals surface area contributed by atoms with Gasteiger partial charge < -0.3 is 38.3 Å². The molecule has 4 rings (SSSR count). The summed E-state index contributed by atoms with van der Waals surface area (Å²) in [5.41, 5.74) is 3.07. The van der Waals surface area contributed by atoms with Crippen molar-refractivity contribution >= 4 is 52.3 Å². The number of ether oxygens (including phenoxy) is 6. The third kappa shape index (κ3) is 9.46. The largest absolute Gasteiger partial charge is 0.467 e. The summed E-state index contributed by atoms with van der Waals surface area (Å²) in [5, 5.41) is 1.18. The van der Waals surface area contributed by atoms with Crippen molar-refractivity contribution in [3.8, 4) is 0 Å². The van der Waals surface area contributed by atoms with E-state index in [2.05, 4.69) is 4.98 Å². The fourth-order valence-corrected chi connectivity index (χ4v) is 5.96. The molecule has 1 N–H and O–H groups in total. The molecule has 1 aromatic heterocycles. The number of pyridine rings is 1. The van der Waals surface area contributed by atoms with Crippen LogP contribution in [0, 0.1) is 13.8 Å². The zero-order valence-electron chi connectivity index (χ0n) is 28.5. The van der Waals surface area contributed by atoms with Crippen molar-refractivity contribution in [3.05, 3.63) is 80.1 Å². The summed E-state index contributed by atoms with van der Waals surface area (Å²) >= 11 is 6.35. The summed E-state index contributed by atoms with van der Waals surface area (Å²) in [6.45, 7) is 6.56. The van der Waals surface area contributed by atoms with Crippen LogP contribution >= 0.6 is 11.6 Å². The van der Waals surface area contributed by atoms with E-state index in [-0.39, 0.29) is 37.6 Å². The molecule has 2 heterocycles. The normalized spacial score (nSPS) is 20.1. The number of methoxy groups -OCH3 is 1. The highest BCUT2D eigenvalue weighted by Gasteiger charge is 2.55. The Kier molecular flexibility index (Phi) is 12.7. The number of fused-ring (bicyclic) bond motifs is 1. The molecular formula is C35H39ClN2O12. The number of aromatic nitrogens is 1. The summed E-state index contributed by atoms with van der Waals surface area (Å²) in [5.74, 6) is -3.87. The van der Waals surface area contributed by atoms with Gasteiger partial charge in [0.1, 0.15) is 0 Å². The predicted molar refractivity (Wildman–Crippen MR) is 178 cm³/mol. The van der Waals surface area contributed by atoms with E-state index in [1.807, 2.05) is 26.0 Å². The van der Waals surface area contributed by atoms with Gasteiger partial charge in [-0.05, 0) is 48.6 Å². The van der Waals surface area contributed by atoms with Crippen molar-refractivity contribution < 1.29 is 52.4 Å². The average Bonchev–Trinajstić information content (AvgIpc) is 3.03. The number of halogens is 1. The molecule has 0 unspecified atom stereocenters. The number of aromatic amines is 1. The van der Waals surface area contributed by atoms with E-state index < -0.39 is 54.6 Å². The minimum absolute atomic E-state index is 0.0949. The zero-order chi connectivity index (χ0) is 36.7. The van der Waals surface area contributed by atoms with Crippen LogP contribution in [-0.2, 0) is 65.4 Å². The Morgan fingerprint density at radius 2 is 1.52 bits per heavy atom. The van der Waals surface area contributed by atoms with Gasteiger partial charge in [0, 0.05) is 37.9 Å². The van der Waals surface area contributed by atoms with Gasteiger partial charge in [-0.15, -0.1) is 0 Å². The quantitative estimate of drug-likeness (QED) is 0.215. The number of hydrogen-bond acceptors (Lipinski definition) is 12. The van der Waals surface area contributed by atoms with E-state index in [1.54, 1.807) is 30.3 Å². The molecule has 1 aliphatic rings. The van der Waals surface area contributed by atoms with Crippen LogP contribution in [0.25, 0.3) is 10.9 Å². The molecule has 0 saturated carbocycles. The van der Waals surface area contributed by atoms with Crippen LogP contribution in [0.4, 0.5) is 0 Å². The second-order valence-corrected chi connectivity index (χ2v) is 12.2. The van der Waals surface area contributed by atoms with E-state index in [0.29, 0.717) is 21.7 Å². The number of amides is 1. The lowest BCUT2D eigenvalue weighted by Crippen LogP contribution is -2.64. The molecule has 50 heavy (non-hydrogen) atoms. The van der Waals surface area contributed by atoms with Crippen molar-refractivity contribution in [2.24, 2.45) is 0 Å². The molecule has 1 saturated heterocycles. The second kappa shape index (κ2) is 16.7. The highest BCUT2D eigenvalue weighted by atomic mass is 35.5. The van der Waals surface area contributed by atoms with Crippen molar-refractivity contribution in [3.63, 3.8) is 0 Å². The fourth-order valence-electron chi connectivity index (χ4n) is 5.76. The number of H-pyrrole nitrogens is 1. The third-order valence-corrected chi connectivity index (χ3v) is 8.23. The van der Waals surface area contributed by atoms with Crippen molar-refractivity contribution in [2.75, 3.05) is 20.3 Å². The van der Waals surface area contributed by atoms with Crippen LogP contribution in [0.15, 0.2) is 47.3 Å². The molecule has 0 spiro atoms. The molecule has 2 aromatic carbocycles. The highest BCUT2D eigenvalue weighted by Crippen LogP contribution is 2.30. The first-order valence-electron chi connectivity index (χ1n) is 15.7. The van der Waals surface area contributed by atoms with Crippen molar-refractivity contribution in [1.29, 1.82) is 0 Å². The molecule has 15 heteroatoms. The van der Waals surface area contributed by atoms with Crippen LogP contribution in [0.3, 0.4) is 0 Å². The maximum absolute atomic E-state index is 13.8. The molecule has 1 aliphatic heterocycles. The molecular weight excluding hydrogens is 676 g/mol. The Morgan fingerprint density at radius 1 is 0.880 bits per heavy atom. The number of esters is 4. The zero-order valence-corrected chi connectivity index (χ0v) is 29.2. The lowest BCUT2D eigenvalue weighted by molar-refractivity contribution is -0.301. The Bertz CT molecular complexity index is 1820. The number of nitrogens with one attached hydrogen (secondary N) is 1. The predicted octanol–water partition coefficient (Wildman–Crippen LogP) is 3.08. The van der Waals surface area contributed by atoms with E-state index in [0.717, 1.165) is 44.4 Å². The van der Waals surface area contributed by atoms with E-state index in [1.165, 1.54) is 4.90 Å². The van der Waals surface area contributed by atoms with Gasteiger partial charge in [-0.1, -0.05) is 41.4 Å². The topological polar surface area (TPSA) is 177 Å². The number of aryl methyl sites for hydroxylation is 2. The van der Waals surface area contributed by atoms with E-state index >= 15 is 0 Å². The number of nitrogens with zero attached hydrogens (tertiary/aromatic N) is 1. The minimum Gasteiger partial charge on any atom is -0.467 e. The van der Waals surface area contributed by atoms with Gasteiger partial charge in [0.15, 0.2) is 30.7 Å². The summed E-state index contributed by atoms with van der Waals surface area (Å²) in [6, 6.07) is 12.5. The first kappa shape index (κ1) is 38.0. The Morgan fingerprint density at radius 3 is 2.16 bits per heavy atom. The minimum atomic E-state index is -1.65. The molecule has 0 bridgehead atoms. The lowest BCUT2D eigenvalue weighted by Gasteiger charge is -2.43. The maximum atomic E-state index is 13.8. The molecule has 3 aromatic rings. The smallest absolute Gasteiger partial charge is 0.339 e. The molecule has 1 amide bonds. The number of benzene rings is 2. The number of carbonyl (C=O) groups is 5. The van der Waals surface area contributed by atoms with E-state index in [9.17, 15) is 28.8 Å². The summed E-state index contributed by atoms with van der Waals surface area (Å²) in [4.78, 5) is 80.3. The monoisotopic (exact) mass is 714 g/mol. The molecule has 0 aliphatic carbocycles. The highest BCUT2D eigenvalue weighted by molar-refractivity contribution is 6.31. The van der Waals surface area contributed by atoms with Gasteiger partial charge in [-0.25, -0.2) is 4.79 Å². The van der Waals surface area contributed by atoms with E-state index in [4.69, 9.17) is 40.0 Å². The first-order chi connectivity index (χ1) is 23.7. The molecule has 5 atom stereocenters. The second-order valence-electron chi connectivity index (χ2n) is 11.8. The van der Waals surface area contributed by atoms with Gasteiger partial charge in [0.2, 0.25) is 5.91 Å². The summed E-state index contributed by atoms with van der Waals surface area (Å²) in [6.07, 6.45) is -7.91. The Balaban J connectivity index is 1.65. The third-order valence-electron chi connectivity index (χ3n) is 7.86. The average molecular weight is 715 g/mol. The standard InChI is InChI=1S/C35H39ClN2O12/c1-18-13-19(2)28-24(14-18)15-25(33(43)37-28)17-38(27(42)16-23-9-7-8-10-26(23)36)11-12-46-35-32(49-22(5)41)30(48-21(4)40)29(47-20(3)39)31(50-35)34(44)45-6/h7-10,13-15,29-32,35H,11-12,16-17H2,1-6H3,(H,37,43)/t29-,30-,31-,32+,35+/m0/s1. The number of hydrogen-bond donors (Lipinski definition) is 1. The molecule has 268 valence electrons. The number of rotatable bonds is 12. The molecule has 0 radical (unpaired) electrons. The van der Waals surface area contributed by atoms with Gasteiger partial charge in [-0.3, -0.25) is 24.0 Å². The SMILES string of the molecule is COC(=O)[C@H]1O[C@@H](OCCN(Cc2cc3cc(C)cc(C)c3[nH]c2=O)C(=O)Cc2ccccc2Cl)[C@H](OC(C)=O)[C@@H](OC(C)=O)[C@@H]1OC(C)=O. The van der Waals surface area contributed by atoms with Gasteiger partial charge >= 0.3 is 23.9 Å². The Labute approximate surface area is 292 Å². The van der Waals surface area contributed by atoms with Gasteiger partial charge in [0.25, 0.3) is 5.56 Å². The number of carbonyl (C=O) groups excluding carboxylic acids is 5. The van der Waals surface area contributed by atoms with Crippen LogP contribution in [-0.4, -0.2) is 90.6 Å². The van der Waals surface area contributed by atoms with Crippen molar-refractivity contribution in [2.45, 2.75) is 78.3 Å². The van der Waals surface area contributed by atoms with Crippen LogP contribution < -0.4 is 5.56 Å². The molecule has 14 nitrogen and oxygen atoms in total. The Hall–Kier alpha value is -4.79. The van der Waals surface area contributed by atoms with Crippen molar-refractivity contribution in [1.82, 2.24) is 9.88 Å². The van der Waals surface area contributed by atoms with Gasteiger partial charge in [-0.2, -0.15) is 0 Å². The first-order valence-corrected chi connectivity index (χ1v) is 16.1. The van der Waals surface area contributed by atoms with Crippen LogP contribution in [0.1, 0.15) is 43.0 Å². The van der Waals surface area contributed by atoms with Crippen LogP contribution in [0.5, 0.6) is 0 Å². The fraction of sp³-hybridized carbons (Fsp3) is 0.429. The summed E-state index contributed by atoms with van der Waals surface area (Å²) < 4.78 is 32.7. The van der Waals surface area contributed by atoms with Crippen LogP contribution in [0.2, 0.25) is 5.02 Å². The maximum Gasteiger partial charge on any atom is 0.339 e. The molecule has 1 fully saturated rings. The van der Waals surface area contributed by atoms with Gasteiger partial charge in [0.05, 0.1) is 32.2 Å². The summed E-state index contributed by atoms with van der Waals surface area (Å²) in [7, 11) is 1.07.